The summed E-state index contributed by atoms with van der Waals surface area (Å²) in [5, 5.41) is 6.12. The van der Waals surface area contributed by atoms with Gasteiger partial charge in [-0.25, -0.2) is 0 Å². The van der Waals surface area contributed by atoms with Crippen LogP contribution in [0.3, 0.4) is 0 Å². The molecule has 0 saturated heterocycles. The van der Waals surface area contributed by atoms with Crippen molar-refractivity contribution in [3.63, 3.8) is 0 Å². The lowest BCUT2D eigenvalue weighted by atomic mass is 10.2. The number of carbonyl (C=O) groups is 1. The van der Waals surface area contributed by atoms with Crippen molar-refractivity contribution in [3.05, 3.63) is 84.2 Å². The van der Waals surface area contributed by atoms with Gasteiger partial charge < -0.3 is 15.4 Å². The van der Waals surface area contributed by atoms with E-state index in [0.717, 1.165) is 22.7 Å². The first-order chi connectivity index (χ1) is 12.3. The van der Waals surface area contributed by atoms with Crippen molar-refractivity contribution in [1.29, 1.82) is 0 Å². The van der Waals surface area contributed by atoms with Gasteiger partial charge in [0.25, 0.3) is 5.91 Å². The Morgan fingerprint density at radius 1 is 1.00 bits per heavy atom. The number of hydrogen-bond donors (Lipinski definition) is 2. The normalized spacial score (nSPS) is 10.1. The number of hydrogen-bond acceptors (Lipinski definition) is 4. The topological polar surface area (TPSA) is 63.2 Å². The fraction of sp³-hybridized carbons (Fsp3) is 0.100. The molecule has 0 saturated carbocycles. The second-order valence-electron chi connectivity index (χ2n) is 5.45. The molecule has 0 aliphatic carbocycles. The fourth-order valence-corrected chi connectivity index (χ4v) is 2.45. The summed E-state index contributed by atoms with van der Waals surface area (Å²) in [6.45, 7) is 0.388. The minimum atomic E-state index is -0.185. The maximum absolute atomic E-state index is 12.4. The van der Waals surface area contributed by atoms with Gasteiger partial charge in [-0.2, -0.15) is 0 Å². The molecule has 1 aromatic heterocycles. The average molecular weight is 333 g/mol. The Labute approximate surface area is 146 Å². The highest BCUT2D eigenvalue weighted by Crippen LogP contribution is 2.18. The molecule has 0 atom stereocenters. The predicted molar refractivity (Wildman–Crippen MR) is 98.1 cm³/mol. The van der Waals surface area contributed by atoms with Crippen molar-refractivity contribution in [3.8, 4) is 5.75 Å². The van der Waals surface area contributed by atoms with Crippen LogP contribution in [-0.2, 0) is 6.54 Å². The Bertz CT molecular complexity index is 850. The molecule has 1 heterocycles. The van der Waals surface area contributed by atoms with Crippen molar-refractivity contribution in [2.75, 3.05) is 12.4 Å². The molecule has 3 aromatic rings. The highest BCUT2D eigenvalue weighted by Gasteiger charge is 2.09. The lowest BCUT2D eigenvalue weighted by molar-refractivity contribution is 0.0950. The van der Waals surface area contributed by atoms with Crippen LogP contribution in [0.4, 0.5) is 11.4 Å². The van der Waals surface area contributed by atoms with Gasteiger partial charge in [-0.3, -0.25) is 9.78 Å². The summed E-state index contributed by atoms with van der Waals surface area (Å²) in [5.41, 5.74) is 3.12. The van der Waals surface area contributed by atoms with Crippen molar-refractivity contribution >= 4 is 17.3 Å². The number of methoxy groups -OCH3 is 1. The van der Waals surface area contributed by atoms with Crippen LogP contribution in [-0.4, -0.2) is 18.0 Å². The summed E-state index contributed by atoms with van der Waals surface area (Å²) in [5.74, 6) is 0.565. The van der Waals surface area contributed by atoms with Crippen molar-refractivity contribution < 1.29 is 9.53 Å². The first kappa shape index (κ1) is 16.5. The van der Waals surface area contributed by atoms with E-state index in [4.69, 9.17) is 4.74 Å². The number of ether oxygens (including phenoxy) is 1. The Morgan fingerprint density at radius 2 is 1.76 bits per heavy atom. The van der Waals surface area contributed by atoms with E-state index in [1.165, 1.54) is 0 Å². The molecule has 25 heavy (non-hydrogen) atoms. The monoisotopic (exact) mass is 333 g/mol. The van der Waals surface area contributed by atoms with Gasteiger partial charge in [-0.1, -0.05) is 36.4 Å². The smallest absolute Gasteiger partial charge is 0.253 e. The Hall–Kier alpha value is -3.34. The SMILES string of the molecule is COc1ccccc1CNC(=O)c1cncc(Nc2ccccc2)c1. The van der Waals surface area contributed by atoms with E-state index in [0.29, 0.717) is 12.1 Å². The number of para-hydroxylation sites is 2. The molecule has 3 rings (SSSR count). The average Bonchev–Trinajstić information content (AvgIpc) is 2.67. The molecule has 0 aliphatic rings. The quantitative estimate of drug-likeness (QED) is 0.721. The number of nitrogens with one attached hydrogen (secondary N) is 2. The van der Waals surface area contributed by atoms with Gasteiger partial charge >= 0.3 is 0 Å². The third kappa shape index (κ3) is 4.35. The van der Waals surface area contributed by atoms with E-state index in [9.17, 15) is 4.79 Å². The third-order valence-corrected chi connectivity index (χ3v) is 3.69. The van der Waals surface area contributed by atoms with Crippen LogP contribution in [0.2, 0.25) is 0 Å². The number of rotatable bonds is 6. The second kappa shape index (κ2) is 7.97. The zero-order chi connectivity index (χ0) is 17.5. The Morgan fingerprint density at radius 3 is 2.56 bits per heavy atom. The molecule has 0 radical (unpaired) electrons. The standard InChI is InChI=1S/C20H19N3O2/c1-25-19-10-6-5-7-15(19)13-22-20(24)16-11-18(14-21-12-16)23-17-8-3-2-4-9-17/h2-12,14,23H,13H2,1H3,(H,22,24). The van der Waals surface area contributed by atoms with E-state index in [-0.39, 0.29) is 5.91 Å². The van der Waals surface area contributed by atoms with Crippen LogP contribution in [0.5, 0.6) is 5.75 Å². The minimum absolute atomic E-state index is 0.185. The summed E-state index contributed by atoms with van der Waals surface area (Å²) in [4.78, 5) is 16.5. The molecular weight excluding hydrogens is 314 g/mol. The highest BCUT2D eigenvalue weighted by molar-refractivity contribution is 5.94. The third-order valence-electron chi connectivity index (χ3n) is 3.69. The number of pyridine rings is 1. The molecule has 1 amide bonds. The number of benzene rings is 2. The van der Waals surface area contributed by atoms with E-state index >= 15 is 0 Å². The van der Waals surface area contributed by atoms with Gasteiger partial charge in [0.1, 0.15) is 5.75 Å². The molecule has 0 bridgehead atoms. The Balaban J connectivity index is 1.67. The van der Waals surface area contributed by atoms with Gasteiger partial charge in [0.05, 0.1) is 24.6 Å². The first-order valence-electron chi connectivity index (χ1n) is 7.93. The van der Waals surface area contributed by atoms with Crippen LogP contribution >= 0.6 is 0 Å². The number of nitrogens with zero attached hydrogens (tertiary/aromatic N) is 1. The lowest BCUT2D eigenvalue weighted by Crippen LogP contribution is -2.23. The summed E-state index contributed by atoms with van der Waals surface area (Å²) < 4.78 is 5.30. The predicted octanol–water partition coefficient (Wildman–Crippen LogP) is 3.76. The van der Waals surface area contributed by atoms with Crippen LogP contribution in [0.15, 0.2) is 73.1 Å². The molecule has 0 spiro atoms. The molecule has 126 valence electrons. The van der Waals surface area contributed by atoms with Crippen molar-refractivity contribution in [2.24, 2.45) is 0 Å². The number of carbonyl (C=O) groups excluding carboxylic acids is 1. The van der Waals surface area contributed by atoms with Gasteiger partial charge in [0.2, 0.25) is 0 Å². The fourth-order valence-electron chi connectivity index (χ4n) is 2.45. The Kier molecular flexibility index (Phi) is 5.26. The maximum Gasteiger partial charge on any atom is 0.253 e. The molecule has 0 fully saturated rings. The van der Waals surface area contributed by atoms with E-state index < -0.39 is 0 Å². The molecule has 0 aliphatic heterocycles. The summed E-state index contributed by atoms with van der Waals surface area (Å²) in [6.07, 6.45) is 3.23. The molecule has 2 N–H and O–H groups in total. The summed E-state index contributed by atoms with van der Waals surface area (Å²) in [6, 6.07) is 19.1. The van der Waals surface area contributed by atoms with Crippen molar-refractivity contribution in [2.45, 2.75) is 6.54 Å². The van der Waals surface area contributed by atoms with Gasteiger partial charge in [-0.15, -0.1) is 0 Å². The molecule has 0 unspecified atom stereocenters. The molecule has 2 aromatic carbocycles. The lowest BCUT2D eigenvalue weighted by Gasteiger charge is -2.10. The molecule has 5 heteroatoms. The van der Waals surface area contributed by atoms with E-state index in [2.05, 4.69) is 15.6 Å². The maximum atomic E-state index is 12.4. The van der Waals surface area contributed by atoms with Crippen LogP contribution in [0, 0.1) is 0 Å². The molecule has 5 nitrogen and oxygen atoms in total. The van der Waals surface area contributed by atoms with Gasteiger partial charge in [0.15, 0.2) is 0 Å². The van der Waals surface area contributed by atoms with Crippen LogP contribution in [0.1, 0.15) is 15.9 Å². The second-order valence-corrected chi connectivity index (χ2v) is 5.45. The van der Waals surface area contributed by atoms with E-state index in [1.807, 2.05) is 54.6 Å². The first-order valence-corrected chi connectivity index (χ1v) is 7.93. The van der Waals surface area contributed by atoms with Gasteiger partial charge in [0, 0.05) is 24.0 Å². The summed E-state index contributed by atoms with van der Waals surface area (Å²) >= 11 is 0. The van der Waals surface area contributed by atoms with E-state index in [1.54, 1.807) is 25.6 Å². The highest BCUT2D eigenvalue weighted by atomic mass is 16.5. The summed E-state index contributed by atoms with van der Waals surface area (Å²) in [7, 11) is 1.61. The number of amides is 1. The van der Waals surface area contributed by atoms with Crippen LogP contribution in [0.25, 0.3) is 0 Å². The zero-order valence-electron chi connectivity index (χ0n) is 13.9. The van der Waals surface area contributed by atoms with Crippen LogP contribution < -0.4 is 15.4 Å². The largest absolute Gasteiger partial charge is 0.496 e. The minimum Gasteiger partial charge on any atom is -0.496 e. The zero-order valence-corrected chi connectivity index (χ0v) is 13.9. The van der Waals surface area contributed by atoms with Crippen molar-refractivity contribution in [1.82, 2.24) is 10.3 Å². The number of aromatic nitrogens is 1. The molecular formula is C20H19N3O2. The van der Waals surface area contributed by atoms with Gasteiger partial charge in [-0.05, 0) is 24.3 Å². The number of anilines is 2.